The Morgan fingerprint density at radius 2 is 1.50 bits per heavy atom. The molecule has 0 atom stereocenters. The van der Waals surface area contributed by atoms with Crippen molar-refractivity contribution in [1.29, 1.82) is 0 Å². The fourth-order valence-electron chi connectivity index (χ4n) is 1.83. The van der Waals surface area contributed by atoms with Gasteiger partial charge >= 0.3 is 72.1 Å². The first-order valence-electron chi connectivity index (χ1n) is 4.46. The number of rotatable bonds is 1. The summed E-state index contributed by atoms with van der Waals surface area (Å²) in [4.78, 5) is 5.13. The van der Waals surface area contributed by atoms with E-state index in [-0.39, 0.29) is 0 Å². The summed E-state index contributed by atoms with van der Waals surface area (Å²) >= 11 is -0.886. The van der Waals surface area contributed by atoms with Gasteiger partial charge in [-0.15, -0.1) is 0 Å². The van der Waals surface area contributed by atoms with Crippen LogP contribution in [0.15, 0.2) is 0 Å². The van der Waals surface area contributed by atoms with E-state index in [2.05, 4.69) is 16.8 Å². The average molecular weight is 246 g/mol. The van der Waals surface area contributed by atoms with E-state index in [0.717, 1.165) is 3.43 Å². The van der Waals surface area contributed by atoms with E-state index in [1.165, 1.54) is 19.3 Å². The van der Waals surface area contributed by atoms with Crippen LogP contribution in [-0.2, 0) is 0 Å². The van der Waals surface area contributed by atoms with Crippen LogP contribution in [0.3, 0.4) is 0 Å². The standard InChI is InChI=1S/C7H13.2CH3.Sn/c1-7-5-3-2-4-6-7;;;/h2-6H2,1H3;2*1H3;. The van der Waals surface area contributed by atoms with E-state index < -0.39 is 19.8 Å². The molecule has 1 radical (unpaired) electrons. The molecule has 0 heterocycles. The van der Waals surface area contributed by atoms with E-state index in [9.17, 15) is 0 Å². The van der Waals surface area contributed by atoms with Crippen LogP contribution >= 0.6 is 0 Å². The quantitative estimate of drug-likeness (QED) is 0.621. The van der Waals surface area contributed by atoms with E-state index in [4.69, 9.17) is 0 Å². The van der Waals surface area contributed by atoms with Crippen LogP contribution in [0.2, 0.25) is 13.3 Å². The van der Waals surface area contributed by atoms with E-state index in [1.807, 2.05) is 0 Å². The fraction of sp³-hybridized carbons (Fsp3) is 1.00. The Balaban J connectivity index is 2.48. The van der Waals surface area contributed by atoms with E-state index in [1.54, 1.807) is 12.8 Å². The predicted octanol–water partition coefficient (Wildman–Crippen LogP) is 3.47. The van der Waals surface area contributed by atoms with E-state index >= 15 is 0 Å². The van der Waals surface area contributed by atoms with Gasteiger partial charge in [-0.1, -0.05) is 0 Å². The fourth-order valence-corrected chi connectivity index (χ4v) is 5.70. The molecule has 10 heavy (non-hydrogen) atoms. The molecule has 0 aromatic rings. The van der Waals surface area contributed by atoms with Crippen LogP contribution in [0.5, 0.6) is 0 Å². The molecule has 0 bridgehead atoms. The number of hydrogen-bond donors (Lipinski definition) is 0. The van der Waals surface area contributed by atoms with Gasteiger partial charge in [0.15, 0.2) is 0 Å². The van der Waals surface area contributed by atoms with Crippen molar-refractivity contribution < 1.29 is 0 Å². The predicted molar refractivity (Wildman–Crippen MR) is 48.9 cm³/mol. The van der Waals surface area contributed by atoms with Crippen molar-refractivity contribution in [3.8, 4) is 0 Å². The molecule has 1 rings (SSSR count). The normalized spacial score (nSPS) is 25.2. The molecule has 0 amide bonds. The Bertz CT molecular complexity index is 101. The zero-order valence-electron chi connectivity index (χ0n) is 7.54. The summed E-state index contributed by atoms with van der Waals surface area (Å²) in [5.41, 5.74) is 0. The molecule has 0 aromatic heterocycles. The van der Waals surface area contributed by atoms with Gasteiger partial charge in [0.05, 0.1) is 0 Å². The molecule has 1 aliphatic rings. The van der Waals surface area contributed by atoms with Crippen molar-refractivity contribution in [2.75, 3.05) is 0 Å². The van der Waals surface area contributed by atoms with Gasteiger partial charge in [-0.05, 0) is 0 Å². The van der Waals surface area contributed by atoms with Crippen LogP contribution in [0.4, 0.5) is 0 Å². The first-order chi connectivity index (χ1) is 4.65. The third-order valence-electron chi connectivity index (χ3n) is 3.16. The molecule has 1 fully saturated rings. The van der Waals surface area contributed by atoms with Crippen molar-refractivity contribution in [3.63, 3.8) is 0 Å². The first kappa shape index (κ1) is 8.89. The molecule has 0 N–H and O–H groups in total. The van der Waals surface area contributed by atoms with Crippen molar-refractivity contribution in [3.05, 3.63) is 0 Å². The molecule has 0 aliphatic heterocycles. The zero-order valence-corrected chi connectivity index (χ0v) is 10.4. The Morgan fingerprint density at radius 3 is 1.80 bits per heavy atom. The Morgan fingerprint density at radius 1 is 1.00 bits per heavy atom. The third kappa shape index (κ3) is 1.90. The number of hydrogen-bond acceptors (Lipinski definition) is 0. The molecule has 0 aromatic carbocycles. The maximum atomic E-state index is 2.56. The summed E-state index contributed by atoms with van der Waals surface area (Å²) in [7, 11) is 0. The van der Waals surface area contributed by atoms with Gasteiger partial charge in [-0.25, -0.2) is 0 Å². The van der Waals surface area contributed by atoms with Crippen molar-refractivity contribution in [2.45, 2.75) is 52.3 Å². The second kappa shape index (κ2) is 3.46. The average Bonchev–Trinajstić information content (AvgIpc) is 1.89. The van der Waals surface area contributed by atoms with Gasteiger partial charge in [0, 0.05) is 0 Å². The minimum absolute atomic E-state index is 0.875. The summed E-state index contributed by atoms with van der Waals surface area (Å²) in [6, 6.07) is 0. The molecular formula is C9H19Sn. The van der Waals surface area contributed by atoms with Crippen molar-refractivity contribution >= 4 is 19.8 Å². The van der Waals surface area contributed by atoms with Crippen LogP contribution in [0.25, 0.3) is 0 Å². The van der Waals surface area contributed by atoms with Gasteiger partial charge in [-0.2, -0.15) is 0 Å². The molecule has 0 saturated heterocycles. The maximum absolute atomic E-state index is 2.56. The summed E-state index contributed by atoms with van der Waals surface area (Å²) < 4.78 is 0.875. The Hall–Kier alpha value is 0.799. The van der Waals surface area contributed by atoms with Crippen LogP contribution in [-0.4, -0.2) is 19.8 Å². The third-order valence-corrected chi connectivity index (χ3v) is 11.5. The molecule has 0 spiro atoms. The molecule has 1 aliphatic carbocycles. The Labute approximate surface area is 72.1 Å². The SMILES string of the molecule is [CH3][Sn]([CH3])[C]1(C)CCCCC1. The minimum atomic E-state index is -0.886. The molecule has 0 unspecified atom stereocenters. The molecule has 0 nitrogen and oxygen atoms in total. The zero-order chi connectivity index (χ0) is 7.61. The second-order valence-corrected chi connectivity index (χ2v) is 13.3. The van der Waals surface area contributed by atoms with Gasteiger partial charge < -0.3 is 0 Å². The van der Waals surface area contributed by atoms with Crippen LogP contribution in [0.1, 0.15) is 39.0 Å². The van der Waals surface area contributed by atoms with Crippen LogP contribution in [0, 0.1) is 0 Å². The Kier molecular flexibility index (Phi) is 3.08. The topological polar surface area (TPSA) is 0 Å². The van der Waals surface area contributed by atoms with E-state index in [0.29, 0.717) is 0 Å². The summed E-state index contributed by atoms with van der Waals surface area (Å²) in [5, 5.41) is 0. The summed E-state index contributed by atoms with van der Waals surface area (Å²) in [5.74, 6) is 0. The van der Waals surface area contributed by atoms with Gasteiger partial charge in [0.25, 0.3) is 0 Å². The summed E-state index contributed by atoms with van der Waals surface area (Å²) in [6.07, 6.45) is 7.64. The summed E-state index contributed by atoms with van der Waals surface area (Å²) in [6.45, 7) is 2.54. The first-order valence-corrected chi connectivity index (χ1v) is 11.6. The second-order valence-electron chi connectivity index (χ2n) is 4.12. The van der Waals surface area contributed by atoms with Gasteiger partial charge in [-0.3, -0.25) is 0 Å². The molecule has 59 valence electrons. The molecule has 1 heteroatoms. The molecular weight excluding hydrogens is 227 g/mol. The van der Waals surface area contributed by atoms with Gasteiger partial charge in [0.1, 0.15) is 0 Å². The molecule has 1 saturated carbocycles. The van der Waals surface area contributed by atoms with Crippen molar-refractivity contribution in [2.24, 2.45) is 0 Å². The monoisotopic (exact) mass is 247 g/mol. The van der Waals surface area contributed by atoms with Crippen LogP contribution < -0.4 is 0 Å². The van der Waals surface area contributed by atoms with Gasteiger partial charge in [0.2, 0.25) is 0 Å². The van der Waals surface area contributed by atoms with Crippen molar-refractivity contribution in [1.82, 2.24) is 0 Å².